The Morgan fingerprint density at radius 3 is 2.75 bits per heavy atom. The standard InChI is InChI=1S/C17H23N3/c1-17(11-5-4-8-15(17)18)16-19-13-6-2-3-7-14(13)20(16)12-9-10-12/h2-3,6-7,12,15H,4-5,8-11,18H2,1H3. The minimum atomic E-state index is 0.0415. The lowest BCUT2D eigenvalue weighted by Crippen LogP contribution is -2.47. The fourth-order valence-corrected chi connectivity index (χ4v) is 3.79. The molecule has 1 heterocycles. The van der Waals surface area contributed by atoms with Gasteiger partial charge in [-0.05, 0) is 37.8 Å². The summed E-state index contributed by atoms with van der Waals surface area (Å²) < 4.78 is 2.50. The van der Waals surface area contributed by atoms with Gasteiger partial charge in [0, 0.05) is 17.5 Å². The molecule has 0 spiro atoms. The van der Waals surface area contributed by atoms with E-state index in [1.54, 1.807) is 0 Å². The number of benzene rings is 1. The van der Waals surface area contributed by atoms with Crippen LogP contribution in [0.25, 0.3) is 11.0 Å². The number of fused-ring (bicyclic) bond motifs is 1. The molecule has 0 radical (unpaired) electrons. The van der Waals surface area contributed by atoms with Crippen LogP contribution in [0.15, 0.2) is 24.3 Å². The molecule has 2 aromatic rings. The minimum absolute atomic E-state index is 0.0415. The molecular formula is C17H23N3. The van der Waals surface area contributed by atoms with Crippen LogP contribution in [0, 0.1) is 0 Å². The van der Waals surface area contributed by atoms with Crippen molar-refractivity contribution < 1.29 is 0 Å². The predicted octanol–water partition coefficient (Wildman–Crippen LogP) is 3.53. The highest BCUT2D eigenvalue weighted by Gasteiger charge is 2.42. The molecule has 3 nitrogen and oxygen atoms in total. The van der Waals surface area contributed by atoms with Crippen LogP contribution in [0.2, 0.25) is 0 Å². The zero-order valence-electron chi connectivity index (χ0n) is 12.2. The molecule has 2 N–H and O–H groups in total. The van der Waals surface area contributed by atoms with Crippen LogP contribution < -0.4 is 5.73 Å². The molecule has 0 saturated heterocycles. The maximum Gasteiger partial charge on any atom is 0.117 e. The maximum absolute atomic E-state index is 6.50. The first-order chi connectivity index (χ1) is 9.70. The Bertz CT molecular complexity index is 641. The molecule has 2 unspecified atom stereocenters. The first-order valence-electron chi connectivity index (χ1n) is 7.93. The molecule has 3 heteroatoms. The van der Waals surface area contributed by atoms with Gasteiger partial charge in [0.05, 0.1) is 11.0 Å². The smallest absolute Gasteiger partial charge is 0.117 e. The summed E-state index contributed by atoms with van der Waals surface area (Å²) in [5.74, 6) is 1.24. The first-order valence-corrected chi connectivity index (χ1v) is 7.93. The van der Waals surface area contributed by atoms with E-state index < -0.39 is 0 Å². The van der Waals surface area contributed by atoms with E-state index in [0.717, 1.165) is 11.9 Å². The van der Waals surface area contributed by atoms with Gasteiger partial charge in [0.1, 0.15) is 5.82 Å². The molecule has 2 fully saturated rings. The zero-order chi connectivity index (χ0) is 13.7. The molecule has 0 aliphatic heterocycles. The van der Waals surface area contributed by atoms with Gasteiger partial charge in [-0.15, -0.1) is 0 Å². The number of hydrogen-bond acceptors (Lipinski definition) is 2. The molecule has 2 aliphatic rings. The van der Waals surface area contributed by atoms with Crippen LogP contribution in [-0.2, 0) is 5.41 Å². The topological polar surface area (TPSA) is 43.8 Å². The molecule has 1 aromatic heterocycles. The third-order valence-electron chi connectivity index (χ3n) is 5.30. The number of hydrogen-bond donors (Lipinski definition) is 1. The van der Waals surface area contributed by atoms with Crippen molar-refractivity contribution in [2.45, 2.75) is 62.9 Å². The number of aromatic nitrogens is 2. The van der Waals surface area contributed by atoms with Crippen LogP contribution >= 0.6 is 0 Å². The number of nitrogens with two attached hydrogens (primary N) is 1. The SMILES string of the molecule is CC1(c2nc3ccccc3n2C2CC2)CCCCC1N. The van der Waals surface area contributed by atoms with Gasteiger partial charge in [0.25, 0.3) is 0 Å². The summed E-state index contributed by atoms with van der Waals surface area (Å²) in [6.45, 7) is 2.33. The third-order valence-corrected chi connectivity index (χ3v) is 5.30. The van der Waals surface area contributed by atoms with Gasteiger partial charge in [0.15, 0.2) is 0 Å². The summed E-state index contributed by atoms with van der Waals surface area (Å²) in [5, 5.41) is 0. The molecule has 4 rings (SSSR count). The lowest BCUT2D eigenvalue weighted by Gasteiger charge is -2.39. The molecule has 20 heavy (non-hydrogen) atoms. The van der Waals surface area contributed by atoms with E-state index in [-0.39, 0.29) is 11.5 Å². The van der Waals surface area contributed by atoms with E-state index in [1.807, 2.05) is 0 Å². The number of imidazole rings is 1. The second-order valence-electron chi connectivity index (χ2n) is 6.80. The van der Waals surface area contributed by atoms with E-state index in [0.29, 0.717) is 6.04 Å². The van der Waals surface area contributed by atoms with Crippen LogP contribution in [0.1, 0.15) is 57.3 Å². The lowest BCUT2D eigenvalue weighted by molar-refractivity contribution is 0.252. The summed E-state index contributed by atoms with van der Waals surface area (Å²) in [6, 6.07) is 9.45. The normalized spacial score (nSPS) is 30.8. The Morgan fingerprint density at radius 2 is 2.00 bits per heavy atom. The second kappa shape index (κ2) is 4.32. The summed E-state index contributed by atoms with van der Waals surface area (Å²) in [6.07, 6.45) is 7.42. The second-order valence-corrected chi connectivity index (χ2v) is 6.80. The summed E-state index contributed by atoms with van der Waals surface area (Å²) in [4.78, 5) is 5.00. The average molecular weight is 269 g/mol. The zero-order valence-corrected chi connectivity index (χ0v) is 12.2. The van der Waals surface area contributed by atoms with Crippen molar-refractivity contribution in [1.29, 1.82) is 0 Å². The molecular weight excluding hydrogens is 246 g/mol. The largest absolute Gasteiger partial charge is 0.327 e. The van der Waals surface area contributed by atoms with Crippen molar-refractivity contribution in [2.75, 3.05) is 0 Å². The average Bonchev–Trinajstić information content (AvgIpc) is 3.22. The minimum Gasteiger partial charge on any atom is -0.327 e. The molecule has 2 saturated carbocycles. The quantitative estimate of drug-likeness (QED) is 0.906. The lowest BCUT2D eigenvalue weighted by atomic mass is 9.71. The van der Waals surface area contributed by atoms with Crippen LogP contribution in [0.5, 0.6) is 0 Å². The highest BCUT2D eigenvalue weighted by molar-refractivity contribution is 5.76. The van der Waals surface area contributed by atoms with Crippen molar-refractivity contribution in [3.8, 4) is 0 Å². The highest BCUT2D eigenvalue weighted by Crippen LogP contribution is 2.45. The third kappa shape index (κ3) is 1.72. The molecule has 2 aliphatic carbocycles. The van der Waals surface area contributed by atoms with Crippen LogP contribution in [0.3, 0.4) is 0 Å². The van der Waals surface area contributed by atoms with Crippen LogP contribution in [0.4, 0.5) is 0 Å². The Hall–Kier alpha value is -1.35. The fourth-order valence-electron chi connectivity index (χ4n) is 3.79. The molecule has 0 amide bonds. The molecule has 2 atom stereocenters. The Labute approximate surface area is 120 Å². The molecule has 1 aromatic carbocycles. The number of rotatable bonds is 2. The van der Waals surface area contributed by atoms with Crippen molar-refractivity contribution in [2.24, 2.45) is 5.73 Å². The first kappa shape index (κ1) is 12.4. The van der Waals surface area contributed by atoms with Crippen molar-refractivity contribution >= 4 is 11.0 Å². The van der Waals surface area contributed by atoms with Gasteiger partial charge in [-0.3, -0.25) is 0 Å². The number of nitrogens with zero attached hydrogens (tertiary/aromatic N) is 2. The van der Waals surface area contributed by atoms with E-state index in [9.17, 15) is 0 Å². The van der Waals surface area contributed by atoms with Gasteiger partial charge in [-0.1, -0.05) is 31.9 Å². The van der Waals surface area contributed by atoms with Crippen molar-refractivity contribution in [1.82, 2.24) is 9.55 Å². The Kier molecular flexibility index (Phi) is 2.68. The summed E-state index contributed by atoms with van der Waals surface area (Å²) in [7, 11) is 0. The van der Waals surface area contributed by atoms with Gasteiger partial charge >= 0.3 is 0 Å². The summed E-state index contributed by atoms with van der Waals surface area (Å²) in [5.41, 5.74) is 8.97. The van der Waals surface area contributed by atoms with Crippen LogP contribution in [-0.4, -0.2) is 15.6 Å². The van der Waals surface area contributed by atoms with Gasteiger partial charge in [0.2, 0.25) is 0 Å². The van der Waals surface area contributed by atoms with E-state index in [2.05, 4.69) is 35.8 Å². The van der Waals surface area contributed by atoms with E-state index in [4.69, 9.17) is 10.7 Å². The van der Waals surface area contributed by atoms with Gasteiger partial charge in [-0.25, -0.2) is 4.98 Å². The number of para-hydroxylation sites is 2. The Balaban J connectivity index is 1.92. The maximum atomic E-state index is 6.50. The fraction of sp³-hybridized carbons (Fsp3) is 0.588. The van der Waals surface area contributed by atoms with Gasteiger partial charge in [-0.2, -0.15) is 0 Å². The van der Waals surface area contributed by atoms with E-state index in [1.165, 1.54) is 43.4 Å². The highest BCUT2D eigenvalue weighted by atomic mass is 15.1. The summed E-state index contributed by atoms with van der Waals surface area (Å²) >= 11 is 0. The molecule has 106 valence electrons. The van der Waals surface area contributed by atoms with Crippen molar-refractivity contribution in [3.63, 3.8) is 0 Å². The van der Waals surface area contributed by atoms with Crippen molar-refractivity contribution in [3.05, 3.63) is 30.1 Å². The monoisotopic (exact) mass is 269 g/mol. The predicted molar refractivity (Wildman–Crippen MR) is 81.8 cm³/mol. The molecule has 0 bridgehead atoms. The van der Waals surface area contributed by atoms with Gasteiger partial charge < -0.3 is 10.3 Å². The van der Waals surface area contributed by atoms with E-state index >= 15 is 0 Å². The Morgan fingerprint density at radius 1 is 1.20 bits per heavy atom.